The van der Waals surface area contributed by atoms with Gasteiger partial charge in [-0.2, -0.15) is 13.2 Å². The number of piperidine rings is 1. The predicted molar refractivity (Wildman–Crippen MR) is 103 cm³/mol. The van der Waals surface area contributed by atoms with Crippen LogP contribution in [-0.4, -0.2) is 66.0 Å². The molecule has 2 aliphatic rings. The van der Waals surface area contributed by atoms with Crippen molar-refractivity contribution >= 4 is 40.4 Å². The molecule has 12 heteroatoms. The summed E-state index contributed by atoms with van der Waals surface area (Å²) in [5, 5.41) is 7.45. The highest BCUT2D eigenvalue weighted by Gasteiger charge is 2.45. The topological polar surface area (TPSA) is 103 Å². The first-order chi connectivity index (χ1) is 13.2. The van der Waals surface area contributed by atoms with E-state index in [1.165, 1.54) is 12.3 Å². The molecule has 2 atom stereocenters. The molecule has 3 amide bonds. The SMILES string of the molecule is Br.O=C1CCC(c2ccc(NC(=O)CN3CCNCC3C(F)(F)F)cn2)C(=O)N1. The van der Waals surface area contributed by atoms with Crippen LogP contribution in [0.25, 0.3) is 0 Å². The van der Waals surface area contributed by atoms with Crippen molar-refractivity contribution in [3.8, 4) is 0 Å². The summed E-state index contributed by atoms with van der Waals surface area (Å²) in [7, 11) is 0. The monoisotopic (exact) mass is 479 g/mol. The minimum absolute atomic E-state index is 0. The van der Waals surface area contributed by atoms with Gasteiger partial charge in [-0.1, -0.05) is 0 Å². The number of alkyl halides is 3. The van der Waals surface area contributed by atoms with Crippen molar-refractivity contribution in [1.82, 2.24) is 20.5 Å². The number of hydrogen-bond donors (Lipinski definition) is 3. The number of nitrogens with zero attached hydrogens (tertiary/aromatic N) is 2. The molecule has 3 heterocycles. The molecule has 0 saturated carbocycles. The summed E-state index contributed by atoms with van der Waals surface area (Å²) in [6.45, 7) is -0.147. The molecule has 0 aliphatic carbocycles. The van der Waals surface area contributed by atoms with Crippen LogP contribution in [0.1, 0.15) is 24.5 Å². The third-order valence-corrected chi connectivity index (χ3v) is 4.75. The second-order valence-electron chi connectivity index (χ2n) is 6.76. The lowest BCUT2D eigenvalue weighted by molar-refractivity contribution is -0.187. The van der Waals surface area contributed by atoms with Gasteiger partial charge in [0.15, 0.2) is 0 Å². The van der Waals surface area contributed by atoms with Crippen molar-refractivity contribution in [1.29, 1.82) is 0 Å². The maximum Gasteiger partial charge on any atom is 0.405 e. The van der Waals surface area contributed by atoms with Gasteiger partial charge >= 0.3 is 6.18 Å². The predicted octanol–water partition coefficient (Wildman–Crippen LogP) is 0.954. The zero-order valence-electron chi connectivity index (χ0n) is 15.3. The highest BCUT2D eigenvalue weighted by molar-refractivity contribution is 8.93. The Morgan fingerprint density at radius 3 is 2.69 bits per heavy atom. The van der Waals surface area contributed by atoms with Crippen LogP contribution < -0.4 is 16.0 Å². The third-order valence-electron chi connectivity index (χ3n) is 4.75. The summed E-state index contributed by atoms with van der Waals surface area (Å²) in [4.78, 5) is 40.4. The Morgan fingerprint density at radius 1 is 1.31 bits per heavy atom. The number of halogens is 4. The van der Waals surface area contributed by atoms with Crippen LogP contribution >= 0.6 is 17.0 Å². The molecule has 0 bridgehead atoms. The number of rotatable bonds is 4. The van der Waals surface area contributed by atoms with E-state index >= 15 is 0 Å². The van der Waals surface area contributed by atoms with Crippen LogP contribution in [0.3, 0.4) is 0 Å². The molecule has 2 aliphatic heterocycles. The van der Waals surface area contributed by atoms with Gasteiger partial charge < -0.3 is 10.6 Å². The standard InChI is InChI=1S/C17H20F3N5O3.BrH/c18-17(19,20)13-8-21-5-6-25(13)9-15(27)23-10-1-3-12(22-7-10)11-2-4-14(26)24-16(11)28;/h1,3,7,11,13,21H,2,4-6,8-9H2,(H,23,27)(H,24,26,28);1H. The average Bonchev–Trinajstić information content (AvgIpc) is 2.62. The van der Waals surface area contributed by atoms with Crippen molar-refractivity contribution in [3.05, 3.63) is 24.0 Å². The molecular formula is C17H21BrF3N5O3. The fraction of sp³-hybridized carbons (Fsp3) is 0.529. The molecule has 0 spiro atoms. The van der Waals surface area contributed by atoms with E-state index in [9.17, 15) is 27.6 Å². The Hall–Kier alpha value is -2.05. The maximum atomic E-state index is 13.1. The molecule has 29 heavy (non-hydrogen) atoms. The minimum Gasteiger partial charge on any atom is -0.324 e. The van der Waals surface area contributed by atoms with Crippen LogP contribution in [0, 0.1) is 0 Å². The molecule has 0 aromatic carbocycles. The van der Waals surface area contributed by atoms with Gasteiger partial charge in [0.25, 0.3) is 0 Å². The van der Waals surface area contributed by atoms with E-state index in [0.717, 1.165) is 4.90 Å². The lowest BCUT2D eigenvalue weighted by atomic mass is 9.94. The van der Waals surface area contributed by atoms with Crippen LogP contribution in [-0.2, 0) is 14.4 Å². The summed E-state index contributed by atoms with van der Waals surface area (Å²) in [6.07, 6.45) is -2.50. The van der Waals surface area contributed by atoms with Gasteiger partial charge in [-0.05, 0) is 18.6 Å². The van der Waals surface area contributed by atoms with E-state index in [1.807, 2.05) is 0 Å². The summed E-state index contributed by atoms with van der Waals surface area (Å²) >= 11 is 0. The Balaban J connectivity index is 0.00000300. The molecule has 2 fully saturated rings. The molecule has 3 N–H and O–H groups in total. The van der Waals surface area contributed by atoms with Gasteiger partial charge in [-0.15, -0.1) is 17.0 Å². The number of amides is 3. The molecule has 8 nitrogen and oxygen atoms in total. The number of anilines is 1. The number of aromatic nitrogens is 1. The fourth-order valence-electron chi connectivity index (χ4n) is 3.30. The first-order valence-corrected chi connectivity index (χ1v) is 8.85. The van der Waals surface area contributed by atoms with Gasteiger partial charge in [0, 0.05) is 26.1 Å². The van der Waals surface area contributed by atoms with E-state index in [4.69, 9.17) is 0 Å². The summed E-state index contributed by atoms with van der Waals surface area (Å²) in [5.41, 5.74) is 0.780. The van der Waals surface area contributed by atoms with Crippen LogP contribution in [0.2, 0.25) is 0 Å². The Bertz CT molecular complexity index is 760. The second-order valence-corrected chi connectivity index (χ2v) is 6.76. The van der Waals surface area contributed by atoms with Crippen molar-refractivity contribution in [3.63, 3.8) is 0 Å². The number of pyridine rings is 1. The molecular weight excluding hydrogens is 459 g/mol. The van der Waals surface area contributed by atoms with Crippen molar-refractivity contribution < 1.29 is 27.6 Å². The number of carbonyl (C=O) groups excluding carboxylic acids is 3. The zero-order chi connectivity index (χ0) is 20.3. The Kier molecular flexibility index (Phi) is 7.72. The van der Waals surface area contributed by atoms with Gasteiger partial charge in [0.2, 0.25) is 17.7 Å². The van der Waals surface area contributed by atoms with Crippen molar-refractivity contribution in [2.24, 2.45) is 0 Å². The first-order valence-electron chi connectivity index (χ1n) is 8.85. The zero-order valence-corrected chi connectivity index (χ0v) is 17.0. The highest BCUT2D eigenvalue weighted by atomic mass is 79.9. The summed E-state index contributed by atoms with van der Waals surface area (Å²) in [5.74, 6) is -1.87. The van der Waals surface area contributed by atoms with Gasteiger partial charge in [-0.3, -0.25) is 29.6 Å². The number of piperazine rings is 1. The normalized spacial score (nSPS) is 23.1. The van der Waals surface area contributed by atoms with E-state index < -0.39 is 30.0 Å². The van der Waals surface area contributed by atoms with E-state index in [-0.39, 0.29) is 48.9 Å². The Labute approximate surface area is 175 Å². The van der Waals surface area contributed by atoms with Crippen molar-refractivity contribution in [2.75, 3.05) is 31.5 Å². The maximum absolute atomic E-state index is 13.1. The second kappa shape index (κ2) is 9.63. The molecule has 2 saturated heterocycles. The third kappa shape index (κ3) is 5.97. The molecule has 1 aromatic heterocycles. The molecule has 2 unspecified atom stereocenters. The summed E-state index contributed by atoms with van der Waals surface area (Å²) < 4.78 is 39.2. The fourth-order valence-corrected chi connectivity index (χ4v) is 3.30. The van der Waals surface area contributed by atoms with Gasteiger partial charge in [0.1, 0.15) is 6.04 Å². The number of hydrogen-bond acceptors (Lipinski definition) is 6. The number of imide groups is 1. The van der Waals surface area contributed by atoms with E-state index in [1.54, 1.807) is 6.07 Å². The Morgan fingerprint density at radius 2 is 2.07 bits per heavy atom. The smallest absolute Gasteiger partial charge is 0.324 e. The lowest BCUT2D eigenvalue weighted by Crippen LogP contribution is -2.59. The molecule has 160 valence electrons. The molecule has 1 aromatic rings. The molecule has 3 rings (SSSR count). The number of nitrogens with one attached hydrogen (secondary N) is 3. The number of carbonyl (C=O) groups is 3. The van der Waals surface area contributed by atoms with Gasteiger partial charge in [-0.25, -0.2) is 0 Å². The quantitative estimate of drug-likeness (QED) is 0.555. The average molecular weight is 480 g/mol. The van der Waals surface area contributed by atoms with Crippen LogP contribution in [0.5, 0.6) is 0 Å². The highest BCUT2D eigenvalue weighted by Crippen LogP contribution is 2.26. The minimum atomic E-state index is -4.42. The lowest BCUT2D eigenvalue weighted by Gasteiger charge is -2.36. The van der Waals surface area contributed by atoms with E-state index in [0.29, 0.717) is 24.3 Å². The van der Waals surface area contributed by atoms with Gasteiger partial charge in [0.05, 0.1) is 30.0 Å². The molecule has 0 radical (unpaired) electrons. The first kappa shape index (κ1) is 23.2. The van der Waals surface area contributed by atoms with Crippen molar-refractivity contribution in [2.45, 2.75) is 31.0 Å². The van der Waals surface area contributed by atoms with Crippen LogP contribution in [0.15, 0.2) is 18.3 Å². The summed E-state index contributed by atoms with van der Waals surface area (Å²) in [6, 6.07) is 1.38. The van der Waals surface area contributed by atoms with E-state index in [2.05, 4.69) is 20.9 Å². The largest absolute Gasteiger partial charge is 0.405 e. The van der Waals surface area contributed by atoms with Crippen LogP contribution in [0.4, 0.5) is 18.9 Å².